The molecule has 28 heavy (non-hydrogen) atoms. The number of nitrogens with zero attached hydrogens (tertiary/aromatic N) is 1. The van der Waals surface area contributed by atoms with Gasteiger partial charge in [0, 0.05) is 12.3 Å². The quantitative estimate of drug-likeness (QED) is 0.424. The number of rotatable bonds is 2. The maximum atomic E-state index is 14.2. The molecule has 0 unspecified atom stereocenters. The maximum Gasteiger partial charge on any atom is 0.343 e. The lowest BCUT2D eigenvalue weighted by Gasteiger charge is -2.24. The molecule has 0 saturated carbocycles. The van der Waals surface area contributed by atoms with Crippen LogP contribution in [0.1, 0.15) is 17.3 Å². The molecular formula is C22H14FNO4. The number of benzene rings is 3. The van der Waals surface area contributed by atoms with Crippen molar-refractivity contribution in [2.24, 2.45) is 0 Å². The van der Waals surface area contributed by atoms with E-state index in [9.17, 15) is 14.0 Å². The third kappa shape index (κ3) is 2.31. The molecule has 0 spiro atoms. The number of aromatic nitrogens is 1. The number of hydrogen-bond acceptors (Lipinski definition) is 4. The molecule has 2 heterocycles. The van der Waals surface area contributed by atoms with Crippen LogP contribution < -0.4 is 10.2 Å². The Morgan fingerprint density at radius 2 is 1.86 bits per heavy atom. The highest BCUT2D eigenvalue weighted by atomic mass is 19.1. The number of ether oxygens (including phenoxy) is 2. The predicted octanol–water partition coefficient (Wildman–Crippen LogP) is 4.57. The fourth-order valence-electron chi connectivity index (χ4n) is 3.61. The summed E-state index contributed by atoms with van der Waals surface area (Å²) in [5.74, 6) is -0.615. The molecular weight excluding hydrogens is 361 g/mol. The van der Waals surface area contributed by atoms with Crippen molar-refractivity contribution in [2.75, 3.05) is 6.61 Å². The van der Waals surface area contributed by atoms with Crippen LogP contribution in [0, 0.1) is 5.82 Å². The summed E-state index contributed by atoms with van der Waals surface area (Å²) in [6, 6.07) is 13.9. The Bertz CT molecular complexity index is 1360. The zero-order valence-electron chi connectivity index (χ0n) is 14.9. The average molecular weight is 375 g/mol. The van der Waals surface area contributed by atoms with Crippen molar-refractivity contribution in [1.29, 1.82) is 0 Å². The molecule has 0 bridgehead atoms. The van der Waals surface area contributed by atoms with Crippen LogP contribution >= 0.6 is 0 Å². The summed E-state index contributed by atoms with van der Waals surface area (Å²) >= 11 is 0. The summed E-state index contributed by atoms with van der Waals surface area (Å²) in [4.78, 5) is 25.2. The van der Waals surface area contributed by atoms with Crippen LogP contribution in [0.4, 0.5) is 4.39 Å². The number of esters is 1. The van der Waals surface area contributed by atoms with E-state index in [0.29, 0.717) is 17.0 Å². The van der Waals surface area contributed by atoms with Crippen molar-refractivity contribution in [3.63, 3.8) is 0 Å². The zero-order valence-corrected chi connectivity index (χ0v) is 14.9. The summed E-state index contributed by atoms with van der Waals surface area (Å²) < 4.78 is 26.8. The van der Waals surface area contributed by atoms with Gasteiger partial charge in [0.2, 0.25) is 5.43 Å². The third-order valence-electron chi connectivity index (χ3n) is 4.83. The Labute approximate surface area is 158 Å². The van der Waals surface area contributed by atoms with Gasteiger partial charge in [0.05, 0.1) is 17.7 Å². The van der Waals surface area contributed by atoms with Gasteiger partial charge >= 0.3 is 5.97 Å². The van der Waals surface area contributed by atoms with Gasteiger partial charge in [0.1, 0.15) is 16.9 Å². The Kier molecular flexibility index (Phi) is 3.49. The first-order chi connectivity index (χ1) is 13.6. The van der Waals surface area contributed by atoms with E-state index in [1.54, 1.807) is 11.5 Å². The van der Waals surface area contributed by atoms with Gasteiger partial charge in [-0.3, -0.25) is 4.79 Å². The number of fused-ring (bicyclic) bond motifs is 3. The molecule has 0 atom stereocenters. The van der Waals surface area contributed by atoms with E-state index < -0.39 is 17.2 Å². The Morgan fingerprint density at radius 1 is 1.11 bits per heavy atom. The first-order valence-electron chi connectivity index (χ1n) is 8.84. The topological polar surface area (TPSA) is 57.5 Å². The highest BCUT2D eigenvalue weighted by Crippen LogP contribution is 2.41. The normalized spacial score (nSPS) is 11.9. The molecule has 1 aliphatic rings. The van der Waals surface area contributed by atoms with E-state index in [1.807, 2.05) is 36.4 Å². The lowest BCUT2D eigenvalue weighted by molar-refractivity contribution is 0.0524. The number of pyridine rings is 1. The van der Waals surface area contributed by atoms with Crippen LogP contribution in [0.2, 0.25) is 0 Å². The number of halogens is 1. The van der Waals surface area contributed by atoms with Crippen molar-refractivity contribution in [2.45, 2.75) is 6.92 Å². The second-order valence-corrected chi connectivity index (χ2v) is 6.53. The van der Waals surface area contributed by atoms with Crippen LogP contribution in [0.5, 0.6) is 11.5 Å². The predicted molar refractivity (Wildman–Crippen MR) is 103 cm³/mol. The SMILES string of the molecule is CCOC(=O)c1cn2c3c(cc(F)cc3c1=O)Oc1cc3ccccc3cc1-2. The second-order valence-electron chi connectivity index (χ2n) is 6.53. The van der Waals surface area contributed by atoms with Crippen LogP contribution in [0.15, 0.2) is 59.5 Å². The van der Waals surface area contributed by atoms with E-state index in [-0.39, 0.29) is 23.3 Å². The first kappa shape index (κ1) is 16.5. The Hall–Kier alpha value is -3.67. The van der Waals surface area contributed by atoms with E-state index in [2.05, 4.69) is 0 Å². The van der Waals surface area contributed by atoms with Crippen LogP contribution in [-0.2, 0) is 4.74 Å². The number of carbonyl (C=O) groups excluding carboxylic acids is 1. The monoisotopic (exact) mass is 375 g/mol. The Morgan fingerprint density at radius 3 is 2.61 bits per heavy atom. The maximum absolute atomic E-state index is 14.2. The summed E-state index contributed by atoms with van der Waals surface area (Å²) in [5, 5.41) is 2.00. The summed E-state index contributed by atoms with van der Waals surface area (Å²) in [7, 11) is 0. The fourth-order valence-corrected chi connectivity index (χ4v) is 3.61. The van der Waals surface area contributed by atoms with Gasteiger partial charge in [0.25, 0.3) is 0 Å². The molecule has 3 aromatic carbocycles. The van der Waals surface area contributed by atoms with Gasteiger partial charge in [-0.2, -0.15) is 0 Å². The minimum absolute atomic E-state index is 0.0689. The van der Waals surface area contributed by atoms with Crippen LogP contribution in [0.25, 0.3) is 27.4 Å². The molecule has 5 nitrogen and oxygen atoms in total. The lowest BCUT2D eigenvalue weighted by Crippen LogP contribution is -2.22. The van der Waals surface area contributed by atoms with E-state index in [4.69, 9.17) is 9.47 Å². The first-order valence-corrected chi connectivity index (χ1v) is 8.84. The van der Waals surface area contributed by atoms with Crippen molar-refractivity contribution < 1.29 is 18.7 Å². The van der Waals surface area contributed by atoms with Gasteiger partial charge < -0.3 is 14.0 Å². The lowest BCUT2D eigenvalue weighted by atomic mass is 10.1. The van der Waals surface area contributed by atoms with Gasteiger partial charge in [-0.25, -0.2) is 9.18 Å². The number of hydrogen-bond donors (Lipinski definition) is 0. The highest BCUT2D eigenvalue weighted by molar-refractivity contribution is 5.98. The van der Waals surface area contributed by atoms with Crippen molar-refractivity contribution in [3.05, 3.63) is 76.3 Å². The summed E-state index contributed by atoms with van der Waals surface area (Å²) in [6.07, 6.45) is 1.44. The summed E-state index contributed by atoms with van der Waals surface area (Å²) in [6.45, 7) is 1.79. The van der Waals surface area contributed by atoms with Gasteiger partial charge in [-0.05, 0) is 35.9 Å². The minimum atomic E-state index is -0.738. The van der Waals surface area contributed by atoms with Gasteiger partial charge in [-0.15, -0.1) is 0 Å². The molecule has 1 aliphatic heterocycles. The van der Waals surface area contributed by atoms with E-state index in [1.165, 1.54) is 12.3 Å². The van der Waals surface area contributed by atoms with Gasteiger partial charge in [0.15, 0.2) is 11.5 Å². The smallest absolute Gasteiger partial charge is 0.343 e. The van der Waals surface area contributed by atoms with Crippen molar-refractivity contribution in [3.8, 4) is 17.2 Å². The molecule has 0 saturated heterocycles. The molecule has 138 valence electrons. The fraction of sp³-hybridized carbons (Fsp3) is 0.0909. The minimum Gasteiger partial charge on any atom is -0.462 e. The highest BCUT2D eigenvalue weighted by Gasteiger charge is 2.25. The van der Waals surface area contributed by atoms with Crippen LogP contribution in [-0.4, -0.2) is 17.1 Å². The number of carbonyl (C=O) groups is 1. The largest absolute Gasteiger partial charge is 0.462 e. The zero-order chi connectivity index (χ0) is 19.4. The second kappa shape index (κ2) is 5.92. The molecule has 5 rings (SSSR count). The third-order valence-corrected chi connectivity index (χ3v) is 4.83. The van der Waals surface area contributed by atoms with Crippen molar-refractivity contribution in [1.82, 2.24) is 4.57 Å². The molecule has 0 N–H and O–H groups in total. The Balaban J connectivity index is 1.91. The van der Waals surface area contributed by atoms with Crippen molar-refractivity contribution >= 4 is 27.6 Å². The van der Waals surface area contributed by atoms with E-state index >= 15 is 0 Å². The molecule has 4 aromatic rings. The standard InChI is InChI=1S/C22H14FNO4/c1-2-27-22(26)16-11-24-17-7-12-5-3-4-6-13(12)8-18(17)28-19-10-14(23)9-15(20(19)24)21(16)25/h3-11H,2H2,1H3. The molecule has 1 aromatic heterocycles. The molecule has 0 aliphatic carbocycles. The molecule has 0 radical (unpaired) electrons. The molecule has 6 heteroatoms. The molecule has 0 amide bonds. The molecule has 0 fully saturated rings. The summed E-state index contributed by atoms with van der Waals surface area (Å²) in [5.41, 5.74) is 0.348. The average Bonchev–Trinajstić information content (AvgIpc) is 2.68. The van der Waals surface area contributed by atoms with Crippen LogP contribution in [0.3, 0.4) is 0 Å². The van der Waals surface area contributed by atoms with Gasteiger partial charge in [-0.1, -0.05) is 24.3 Å². The van der Waals surface area contributed by atoms with E-state index in [0.717, 1.165) is 16.8 Å².